The number of nitrogens with zero attached hydrogens (tertiary/aromatic N) is 4. The van der Waals surface area contributed by atoms with Crippen LogP contribution in [0.1, 0.15) is 5.56 Å². The van der Waals surface area contributed by atoms with Crippen LogP contribution < -0.4 is 5.43 Å². The van der Waals surface area contributed by atoms with E-state index in [1.807, 2.05) is 18.2 Å². The van der Waals surface area contributed by atoms with Gasteiger partial charge in [0.1, 0.15) is 12.1 Å². The monoisotopic (exact) mass is 311 g/mol. The van der Waals surface area contributed by atoms with Crippen molar-refractivity contribution in [2.45, 2.75) is 6.54 Å². The molecule has 116 valence electrons. The highest BCUT2D eigenvalue weighted by Crippen LogP contribution is 2.26. The van der Waals surface area contributed by atoms with Gasteiger partial charge in [-0.3, -0.25) is 4.79 Å². The molecule has 3 N–H and O–H groups in total. The van der Waals surface area contributed by atoms with E-state index in [-0.39, 0.29) is 23.6 Å². The van der Waals surface area contributed by atoms with Gasteiger partial charge in [0.2, 0.25) is 0 Å². The van der Waals surface area contributed by atoms with E-state index in [0.29, 0.717) is 5.52 Å². The Balaban J connectivity index is 1.66. The normalized spacial score (nSPS) is 11.1. The number of carbonyl (C=O) groups is 1. The Hall–Kier alpha value is -3.42. The van der Waals surface area contributed by atoms with Gasteiger partial charge in [-0.2, -0.15) is 5.10 Å². The Kier molecular flexibility index (Phi) is 3.88. The predicted octanol–water partition coefficient (Wildman–Crippen LogP) is 0.993. The zero-order valence-corrected chi connectivity index (χ0v) is 11.9. The van der Waals surface area contributed by atoms with Crippen LogP contribution in [-0.4, -0.2) is 37.3 Å². The van der Waals surface area contributed by atoms with Gasteiger partial charge in [-0.25, -0.2) is 10.1 Å². The van der Waals surface area contributed by atoms with Gasteiger partial charge >= 0.3 is 0 Å². The lowest BCUT2D eigenvalue weighted by molar-refractivity contribution is -0.121. The number of benzene rings is 2. The zero-order valence-electron chi connectivity index (χ0n) is 11.9. The van der Waals surface area contributed by atoms with Gasteiger partial charge < -0.3 is 10.2 Å². The number of nitrogens with one attached hydrogen (secondary N) is 1. The summed E-state index contributed by atoms with van der Waals surface area (Å²) in [5, 5.41) is 30.6. The molecule has 2 aromatic carbocycles. The van der Waals surface area contributed by atoms with Crippen molar-refractivity contribution in [2.24, 2.45) is 5.10 Å². The number of hydrogen-bond acceptors (Lipinski definition) is 6. The summed E-state index contributed by atoms with van der Waals surface area (Å²) in [6.07, 6.45) is 1.24. The van der Waals surface area contributed by atoms with Crippen LogP contribution in [0.5, 0.6) is 11.5 Å². The van der Waals surface area contributed by atoms with Gasteiger partial charge in [-0.1, -0.05) is 23.4 Å². The van der Waals surface area contributed by atoms with Crippen LogP contribution >= 0.6 is 0 Å². The number of phenols is 2. The quantitative estimate of drug-likeness (QED) is 0.378. The third-order valence-electron chi connectivity index (χ3n) is 3.15. The highest BCUT2D eigenvalue weighted by molar-refractivity contribution is 5.86. The van der Waals surface area contributed by atoms with Gasteiger partial charge in [-0.05, 0) is 24.3 Å². The SMILES string of the molecule is O=C(Cn1nnc2ccccc21)N/N=C/c1cccc(O)c1O. The lowest BCUT2D eigenvalue weighted by Crippen LogP contribution is -2.23. The summed E-state index contributed by atoms with van der Waals surface area (Å²) in [5.41, 5.74) is 4.07. The van der Waals surface area contributed by atoms with Gasteiger partial charge in [-0.15, -0.1) is 5.10 Å². The first-order valence-corrected chi connectivity index (χ1v) is 6.76. The van der Waals surface area contributed by atoms with Crippen molar-refractivity contribution in [1.29, 1.82) is 0 Å². The molecule has 0 saturated heterocycles. The molecule has 0 bridgehead atoms. The molecule has 3 rings (SSSR count). The van der Waals surface area contributed by atoms with E-state index in [1.54, 1.807) is 18.2 Å². The number of aromatic hydroxyl groups is 2. The third kappa shape index (κ3) is 3.10. The van der Waals surface area contributed by atoms with Crippen LogP contribution in [0.25, 0.3) is 11.0 Å². The maximum Gasteiger partial charge on any atom is 0.261 e. The van der Waals surface area contributed by atoms with E-state index in [4.69, 9.17) is 0 Å². The highest BCUT2D eigenvalue weighted by Gasteiger charge is 2.08. The summed E-state index contributed by atoms with van der Waals surface area (Å²) >= 11 is 0. The Bertz CT molecular complexity index is 888. The Morgan fingerprint density at radius 1 is 1.22 bits per heavy atom. The van der Waals surface area contributed by atoms with Crippen LogP contribution in [0.4, 0.5) is 0 Å². The molecule has 0 radical (unpaired) electrons. The number of aromatic nitrogens is 3. The number of para-hydroxylation sites is 2. The van der Waals surface area contributed by atoms with Crippen molar-refractivity contribution < 1.29 is 15.0 Å². The zero-order chi connectivity index (χ0) is 16.2. The first-order valence-electron chi connectivity index (χ1n) is 6.76. The van der Waals surface area contributed by atoms with Crippen LogP contribution in [0.3, 0.4) is 0 Å². The second-order valence-electron chi connectivity index (χ2n) is 4.74. The molecule has 0 unspecified atom stereocenters. The number of rotatable bonds is 4. The fourth-order valence-electron chi connectivity index (χ4n) is 2.03. The second-order valence-corrected chi connectivity index (χ2v) is 4.74. The lowest BCUT2D eigenvalue weighted by Gasteiger charge is -2.02. The Morgan fingerprint density at radius 2 is 2.04 bits per heavy atom. The van der Waals surface area contributed by atoms with E-state index in [2.05, 4.69) is 20.8 Å². The summed E-state index contributed by atoms with van der Waals surface area (Å²) in [7, 11) is 0. The average molecular weight is 311 g/mol. The first kappa shape index (κ1) is 14.5. The van der Waals surface area contributed by atoms with Crippen molar-refractivity contribution in [3.63, 3.8) is 0 Å². The van der Waals surface area contributed by atoms with Crippen molar-refractivity contribution in [3.05, 3.63) is 48.0 Å². The minimum atomic E-state index is -0.392. The maximum atomic E-state index is 11.9. The van der Waals surface area contributed by atoms with Crippen molar-refractivity contribution in [3.8, 4) is 11.5 Å². The minimum Gasteiger partial charge on any atom is -0.504 e. The number of hydrazone groups is 1. The van der Waals surface area contributed by atoms with E-state index in [1.165, 1.54) is 17.0 Å². The molecule has 0 atom stereocenters. The largest absolute Gasteiger partial charge is 0.504 e. The molecule has 3 aromatic rings. The molecule has 8 heteroatoms. The Morgan fingerprint density at radius 3 is 2.91 bits per heavy atom. The fraction of sp³-hybridized carbons (Fsp3) is 0.0667. The third-order valence-corrected chi connectivity index (χ3v) is 3.15. The molecule has 1 amide bonds. The summed E-state index contributed by atoms with van der Waals surface area (Å²) in [6.45, 7) is -0.0378. The molecule has 0 fully saturated rings. The lowest BCUT2D eigenvalue weighted by atomic mass is 10.2. The fourth-order valence-corrected chi connectivity index (χ4v) is 2.03. The standard InChI is InChI=1S/C15H13N5O3/c21-13-7-3-4-10(15(13)23)8-16-18-14(22)9-20-12-6-2-1-5-11(12)17-19-20/h1-8,21,23H,9H2,(H,18,22)/b16-8+. The van der Waals surface area contributed by atoms with E-state index in [0.717, 1.165) is 5.52 Å². The Labute approximate surface area is 130 Å². The molecule has 1 heterocycles. The van der Waals surface area contributed by atoms with Crippen LogP contribution in [0.15, 0.2) is 47.6 Å². The number of hydrogen-bond donors (Lipinski definition) is 3. The second kappa shape index (κ2) is 6.14. The molecule has 23 heavy (non-hydrogen) atoms. The van der Waals surface area contributed by atoms with Gasteiger partial charge in [0, 0.05) is 5.56 Å². The molecule has 0 saturated carbocycles. The van der Waals surface area contributed by atoms with E-state index in [9.17, 15) is 15.0 Å². The van der Waals surface area contributed by atoms with E-state index >= 15 is 0 Å². The molecule has 0 aliphatic heterocycles. The predicted molar refractivity (Wildman–Crippen MR) is 83.0 cm³/mol. The van der Waals surface area contributed by atoms with Crippen molar-refractivity contribution in [2.75, 3.05) is 0 Å². The summed E-state index contributed by atoms with van der Waals surface area (Å²) in [4.78, 5) is 11.9. The highest BCUT2D eigenvalue weighted by atomic mass is 16.3. The molecule has 0 aliphatic rings. The summed E-state index contributed by atoms with van der Waals surface area (Å²) < 4.78 is 1.46. The van der Waals surface area contributed by atoms with Gasteiger partial charge in [0.25, 0.3) is 5.91 Å². The number of phenolic OH excluding ortho intramolecular Hbond substituents is 2. The average Bonchev–Trinajstić information content (AvgIpc) is 2.95. The first-order chi connectivity index (χ1) is 11.1. The minimum absolute atomic E-state index is 0.0378. The smallest absolute Gasteiger partial charge is 0.261 e. The van der Waals surface area contributed by atoms with Gasteiger partial charge in [0.05, 0.1) is 11.7 Å². The molecular formula is C15H13N5O3. The van der Waals surface area contributed by atoms with Crippen LogP contribution in [-0.2, 0) is 11.3 Å². The van der Waals surface area contributed by atoms with Crippen LogP contribution in [0, 0.1) is 0 Å². The molecular weight excluding hydrogens is 298 g/mol. The van der Waals surface area contributed by atoms with Gasteiger partial charge in [0.15, 0.2) is 11.5 Å². The van der Waals surface area contributed by atoms with Crippen molar-refractivity contribution >= 4 is 23.2 Å². The maximum absolute atomic E-state index is 11.9. The molecule has 0 spiro atoms. The molecule has 8 nitrogen and oxygen atoms in total. The van der Waals surface area contributed by atoms with E-state index < -0.39 is 5.91 Å². The van der Waals surface area contributed by atoms with Crippen LogP contribution in [0.2, 0.25) is 0 Å². The molecule has 1 aromatic heterocycles. The number of carbonyl (C=O) groups excluding carboxylic acids is 1. The number of amides is 1. The summed E-state index contributed by atoms with van der Waals surface area (Å²) in [6, 6.07) is 11.8. The number of fused-ring (bicyclic) bond motifs is 1. The molecule has 0 aliphatic carbocycles. The summed E-state index contributed by atoms with van der Waals surface area (Å²) in [5.74, 6) is -0.946. The van der Waals surface area contributed by atoms with Crippen molar-refractivity contribution in [1.82, 2.24) is 20.4 Å². The topological polar surface area (TPSA) is 113 Å².